The molecule has 1 aliphatic rings. The van der Waals surface area contributed by atoms with Gasteiger partial charge in [-0.15, -0.1) is 0 Å². The average Bonchev–Trinajstić information content (AvgIpc) is 2.98. The predicted octanol–water partition coefficient (Wildman–Crippen LogP) is 2.74. The summed E-state index contributed by atoms with van der Waals surface area (Å²) >= 11 is 0. The van der Waals surface area contributed by atoms with E-state index in [2.05, 4.69) is 15.2 Å². The van der Waals surface area contributed by atoms with Gasteiger partial charge in [0.1, 0.15) is 5.82 Å². The number of nitrogens with two attached hydrogens (primary N) is 1. The summed E-state index contributed by atoms with van der Waals surface area (Å²) in [6.07, 6.45) is -2.42. The standard InChI is InChI=1S/C21H24F3N5O2/c22-21(23,24)16-4-7-18(26-14-16)29-10-1-9-28(12-13-29)11-8-19(30)27-17-5-2-15(3-6-17)20(25)31/h2-7,14H,1,8-13H2,(H2,25,31)(H,27,30). The number of carbonyl (C=O) groups excluding carboxylic acids is 2. The Morgan fingerprint density at radius 3 is 2.39 bits per heavy atom. The van der Waals surface area contributed by atoms with E-state index in [1.165, 1.54) is 6.07 Å². The number of hydrogen-bond donors (Lipinski definition) is 2. The van der Waals surface area contributed by atoms with Gasteiger partial charge in [-0.2, -0.15) is 13.2 Å². The fraction of sp³-hybridized carbons (Fsp3) is 0.381. The third-order valence-electron chi connectivity index (χ3n) is 5.10. The molecule has 0 spiro atoms. The lowest BCUT2D eigenvalue weighted by Gasteiger charge is -2.23. The van der Waals surface area contributed by atoms with E-state index in [-0.39, 0.29) is 5.91 Å². The number of aromatic nitrogens is 1. The van der Waals surface area contributed by atoms with Gasteiger partial charge in [0.2, 0.25) is 11.8 Å². The summed E-state index contributed by atoms with van der Waals surface area (Å²) in [5.74, 6) is -0.149. The lowest BCUT2D eigenvalue weighted by atomic mass is 10.2. The van der Waals surface area contributed by atoms with Gasteiger partial charge in [0, 0.05) is 50.0 Å². The van der Waals surface area contributed by atoms with Crippen molar-refractivity contribution in [1.82, 2.24) is 9.88 Å². The zero-order valence-electron chi connectivity index (χ0n) is 16.9. The number of nitrogens with zero attached hydrogens (tertiary/aromatic N) is 3. The molecule has 3 rings (SSSR count). The summed E-state index contributed by atoms with van der Waals surface area (Å²) in [5, 5.41) is 2.79. The van der Waals surface area contributed by atoms with Crippen molar-refractivity contribution in [3.05, 3.63) is 53.7 Å². The van der Waals surface area contributed by atoms with Crippen LogP contribution >= 0.6 is 0 Å². The Bertz CT molecular complexity index is 901. The first-order valence-electron chi connectivity index (χ1n) is 9.92. The monoisotopic (exact) mass is 435 g/mol. The summed E-state index contributed by atoms with van der Waals surface area (Å²) in [7, 11) is 0. The molecule has 2 aromatic rings. The highest BCUT2D eigenvalue weighted by molar-refractivity contribution is 5.94. The topological polar surface area (TPSA) is 91.6 Å². The van der Waals surface area contributed by atoms with Crippen LogP contribution < -0.4 is 16.0 Å². The maximum Gasteiger partial charge on any atom is 0.417 e. The van der Waals surface area contributed by atoms with Crippen LogP contribution in [-0.2, 0) is 11.0 Å². The molecule has 2 amide bonds. The van der Waals surface area contributed by atoms with Crippen LogP contribution in [0.5, 0.6) is 0 Å². The van der Waals surface area contributed by atoms with E-state index in [0.29, 0.717) is 49.7 Å². The molecule has 1 fully saturated rings. The second kappa shape index (κ2) is 9.78. The molecule has 7 nitrogen and oxygen atoms in total. The van der Waals surface area contributed by atoms with Gasteiger partial charge in [0.25, 0.3) is 0 Å². The Hall–Kier alpha value is -3.14. The Morgan fingerprint density at radius 1 is 1.03 bits per heavy atom. The molecule has 0 aliphatic carbocycles. The van der Waals surface area contributed by atoms with Crippen LogP contribution in [-0.4, -0.2) is 54.4 Å². The number of carbonyl (C=O) groups is 2. The van der Waals surface area contributed by atoms with E-state index >= 15 is 0 Å². The first-order chi connectivity index (χ1) is 14.7. The first kappa shape index (κ1) is 22.5. The highest BCUT2D eigenvalue weighted by Gasteiger charge is 2.31. The number of pyridine rings is 1. The predicted molar refractivity (Wildman–Crippen MR) is 111 cm³/mol. The lowest BCUT2D eigenvalue weighted by Crippen LogP contribution is -2.33. The van der Waals surface area contributed by atoms with Crippen LogP contribution in [0.2, 0.25) is 0 Å². The molecule has 2 heterocycles. The molecule has 1 aliphatic heterocycles. The molecule has 166 valence electrons. The van der Waals surface area contributed by atoms with E-state index in [0.717, 1.165) is 25.2 Å². The number of amides is 2. The van der Waals surface area contributed by atoms with Crippen molar-refractivity contribution in [2.75, 3.05) is 42.9 Å². The van der Waals surface area contributed by atoms with Crippen LogP contribution in [0.25, 0.3) is 0 Å². The average molecular weight is 435 g/mol. The van der Waals surface area contributed by atoms with E-state index in [1.54, 1.807) is 24.3 Å². The van der Waals surface area contributed by atoms with Gasteiger partial charge < -0.3 is 20.9 Å². The number of benzene rings is 1. The highest BCUT2D eigenvalue weighted by atomic mass is 19.4. The van der Waals surface area contributed by atoms with Gasteiger partial charge in [-0.1, -0.05) is 0 Å². The fourth-order valence-electron chi connectivity index (χ4n) is 3.37. The number of halogens is 3. The molecule has 0 unspecified atom stereocenters. The molecule has 10 heteroatoms. The maximum atomic E-state index is 12.7. The van der Waals surface area contributed by atoms with Crippen molar-refractivity contribution >= 4 is 23.3 Å². The molecule has 1 aromatic carbocycles. The number of primary amides is 1. The van der Waals surface area contributed by atoms with Crippen LogP contribution in [0.15, 0.2) is 42.6 Å². The number of nitrogens with one attached hydrogen (secondary N) is 1. The number of rotatable bonds is 6. The summed E-state index contributed by atoms with van der Waals surface area (Å²) in [6.45, 7) is 3.35. The molecule has 31 heavy (non-hydrogen) atoms. The first-order valence-corrected chi connectivity index (χ1v) is 9.92. The minimum Gasteiger partial charge on any atom is -0.366 e. The lowest BCUT2D eigenvalue weighted by molar-refractivity contribution is -0.137. The minimum absolute atomic E-state index is 0.141. The number of hydrogen-bond acceptors (Lipinski definition) is 5. The highest BCUT2D eigenvalue weighted by Crippen LogP contribution is 2.29. The van der Waals surface area contributed by atoms with Gasteiger partial charge >= 0.3 is 6.18 Å². The molecule has 1 aromatic heterocycles. The molecule has 0 bridgehead atoms. The Morgan fingerprint density at radius 2 is 1.77 bits per heavy atom. The zero-order valence-corrected chi connectivity index (χ0v) is 16.9. The molecule has 0 radical (unpaired) electrons. The summed E-state index contributed by atoms with van der Waals surface area (Å²) < 4.78 is 38.1. The second-order valence-corrected chi connectivity index (χ2v) is 7.32. The number of alkyl halides is 3. The normalized spacial score (nSPS) is 15.4. The molecular weight excluding hydrogens is 411 g/mol. The van der Waals surface area contributed by atoms with Crippen LogP contribution in [0.1, 0.15) is 28.8 Å². The van der Waals surface area contributed by atoms with Crippen LogP contribution in [0, 0.1) is 0 Å². The molecule has 1 saturated heterocycles. The summed E-state index contributed by atoms with van der Waals surface area (Å²) in [5.41, 5.74) is 5.39. The van der Waals surface area contributed by atoms with Gasteiger partial charge in [-0.3, -0.25) is 9.59 Å². The quantitative estimate of drug-likeness (QED) is 0.728. The van der Waals surface area contributed by atoms with Crippen molar-refractivity contribution in [2.24, 2.45) is 5.73 Å². The van der Waals surface area contributed by atoms with Gasteiger partial charge in [0.15, 0.2) is 0 Å². The van der Waals surface area contributed by atoms with E-state index < -0.39 is 17.6 Å². The van der Waals surface area contributed by atoms with Crippen LogP contribution in [0.4, 0.5) is 24.7 Å². The number of anilines is 2. The second-order valence-electron chi connectivity index (χ2n) is 7.32. The molecular formula is C21H24F3N5O2. The Balaban J connectivity index is 1.46. The van der Waals surface area contributed by atoms with Crippen LogP contribution in [0.3, 0.4) is 0 Å². The van der Waals surface area contributed by atoms with E-state index in [1.807, 2.05) is 4.90 Å². The van der Waals surface area contributed by atoms with Crippen molar-refractivity contribution in [3.63, 3.8) is 0 Å². The Kier molecular flexibility index (Phi) is 7.11. The van der Waals surface area contributed by atoms with Crippen molar-refractivity contribution < 1.29 is 22.8 Å². The third kappa shape index (κ3) is 6.42. The maximum absolute atomic E-state index is 12.7. The summed E-state index contributed by atoms with van der Waals surface area (Å²) in [6, 6.07) is 8.80. The molecule has 0 saturated carbocycles. The summed E-state index contributed by atoms with van der Waals surface area (Å²) in [4.78, 5) is 31.4. The smallest absolute Gasteiger partial charge is 0.366 e. The minimum atomic E-state index is -4.40. The fourth-order valence-corrected chi connectivity index (χ4v) is 3.37. The zero-order chi connectivity index (χ0) is 22.4. The molecule has 3 N–H and O–H groups in total. The van der Waals surface area contributed by atoms with Crippen molar-refractivity contribution in [1.29, 1.82) is 0 Å². The van der Waals surface area contributed by atoms with Gasteiger partial charge in [0.05, 0.1) is 5.56 Å². The SMILES string of the molecule is NC(=O)c1ccc(NC(=O)CCN2CCCN(c3ccc(C(F)(F)F)cn3)CC2)cc1. The molecule has 0 atom stereocenters. The van der Waals surface area contributed by atoms with Crippen molar-refractivity contribution in [2.45, 2.75) is 19.0 Å². The van der Waals surface area contributed by atoms with E-state index in [4.69, 9.17) is 5.73 Å². The van der Waals surface area contributed by atoms with Gasteiger partial charge in [-0.25, -0.2) is 4.98 Å². The van der Waals surface area contributed by atoms with E-state index in [9.17, 15) is 22.8 Å². The third-order valence-corrected chi connectivity index (χ3v) is 5.10. The Labute approximate surface area is 178 Å². The largest absolute Gasteiger partial charge is 0.417 e. The van der Waals surface area contributed by atoms with Crippen molar-refractivity contribution in [3.8, 4) is 0 Å². The van der Waals surface area contributed by atoms with Gasteiger partial charge in [-0.05, 0) is 49.4 Å².